The van der Waals surface area contributed by atoms with Crippen LogP contribution in [-0.2, 0) is 4.74 Å². The third-order valence-corrected chi connectivity index (χ3v) is 4.49. The lowest BCUT2D eigenvalue weighted by Gasteiger charge is -2.32. The second kappa shape index (κ2) is 6.27. The molecule has 0 radical (unpaired) electrons. The molecule has 1 fully saturated rings. The van der Waals surface area contributed by atoms with Crippen molar-refractivity contribution in [3.8, 4) is 0 Å². The molecule has 1 unspecified atom stereocenters. The first kappa shape index (κ1) is 14.7. The number of carbonyl (C=O) groups excluding carboxylic acids is 1. The maximum atomic E-state index is 12.3. The van der Waals surface area contributed by atoms with Gasteiger partial charge in [0.2, 0.25) is 0 Å². The molecule has 0 N–H and O–H groups in total. The number of morpholine rings is 1. The van der Waals surface area contributed by atoms with Crippen LogP contribution in [0.5, 0.6) is 0 Å². The van der Waals surface area contributed by atoms with Crippen LogP contribution in [0.3, 0.4) is 0 Å². The van der Waals surface area contributed by atoms with Gasteiger partial charge in [-0.2, -0.15) is 0 Å². The molecule has 2 heterocycles. The Morgan fingerprint density at radius 1 is 1.38 bits per heavy atom. The molecule has 1 aliphatic heterocycles. The fraction of sp³-hybridized carbons (Fsp3) is 0.308. The summed E-state index contributed by atoms with van der Waals surface area (Å²) in [6.45, 7) is 1.46. The van der Waals surface area contributed by atoms with Crippen LogP contribution in [0.4, 0.5) is 0 Å². The SMILES string of the molecule is O=C(c1csnn1)N1CCOC(c2ccc(Cl)c(Cl)c2)C1. The van der Waals surface area contributed by atoms with Crippen LogP contribution >= 0.6 is 34.7 Å². The summed E-state index contributed by atoms with van der Waals surface area (Å²) in [4.78, 5) is 14.0. The van der Waals surface area contributed by atoms with Crippen LogP contribution in [-0.4, -0.2) is 40.1 Å². The van der Waals surface area contributed by atoms with Crippen LogP contribution in [0.2, 0.25) is 10.0 Å². The Kier molecular flexibility index (Phi) is 4.40. The fourth-order valence-corrected chi connectivity index (χ4v) is 2.90. The lowest BCUT2D eigenvalue weighted by atomic mass is 10.1. The highest BCUT2D eigenvalue weighted by Crippen LogP contribution is 2.29. The lowest BCUT2D eigenvalue weighted by molar-refractivity contribution is -0.0230. The highest BCUT2D eigenvalue weighted by molar-refractivity contribution is 7.03. The summed E-state index contributed by atoms with van der Waals surface area (Å²) in [5.41, 5.74) is 1.27. The predicted octanol–water partition coefficient (Wildman–Crippen LogP) is 3.06. The van der Waals surface area contributed by atoms with Gasteiger partial charge in [0, 0.05) is 11.9 Å². The van der Waals surface area contributed by atoms with E-state index in [0.717, 1.165) is 17.1 Å². The Morgan fingerprint density at radius 3 is 2.95 bits per heavy atom. The van der Waals surface area contributed by atoms with Crippen molar-refractivity contribution in [1.29, 1.82) is 0 Å². The molecule has 2 aromatic rings. The van der Waals surface area contributed by atoms with E-state index in [2.05, 4.69) is 9.59 Å². The minimum absolute atomic E-state index is 0.128. The number of carbonyl (C=O) groups is 1. The van der Waals surface area contributed by atoms with Gasteiger partial charge in [-0.05, 0) is 29.2 Å². The topological polar surface area (TPSA) is 55.3 Å². The second-order valence-corrected chi connectivity index (χ2v) is 6.00. The quantitative estimate of drug-likeness (QED) is 0.840. The summed E-state index contributed by atoms with van der Waals surface area (Å²) in [7, 11) is 0. The monoisotopic (exact) mass is 343 g/mol. The van der Waals surface area contributed by atoms with Crippen LogP contribution in [0.1, 0.15) is 22.2 Å². The lowest BCUT2D eigenvalue weighted by Crippen LogP contribution is -2.42. The van der Waals surface area contributed by atoms with Crippen molar-refractivity contribution in [3.05, 3.63) is 44.9 Å². The molecule has 1 atom stereocenters. The van der Waals surface area contributed by atoms with Gasteiger partial charge in [-0.1, -0.05) is 33.8 Å². The summed E-state index contributed by atoms with van der Waals surface area (Å²) >= 11 is 13.1. The van der Waals surface area contributed by atoms with Gasteiger partial charge in [-0.25, -0.2) is 0 Å². The Labute approximate surface area is 135 Å². The van der Waals surface area contributed by atoms with Crippen molar-refractivity contribution in [1.82, 2.24) is 14.5 Å². The number of hydrogen-bond donors (Lipinski definition) is 0. The molecule has 5 nitrogen and oxygen atoms in total. The molecule has 1 amide bonds. The van der Waals surface area contributed by atoms with E-state index in [1.807, 2.05) is 6.07 Å². The van der Waals surface area contributed by atoms with Crippen molar-refractivity contribution < 1.29 is 9.53 Å². The van der Waals surface area contributed by atoms with Crippen LogP contribution < -0.4 is 0 Å². The van der Waals surface area contributed by atoms with Gasteiger partial charge >= 0.3 is 0 Å². The molecular formula is C13H11Cl2N3O2S. The molecule has 1 aromatic heterocycles. The van der Waals surface area contributed by atoms with Crippen molar-refractivity contribution in [2.45, 2.75) is 6.10 Å². The van der Waals surface area contributed by atoms with Gasteiger partial charge in [0.05, 0.1) is 23.2 Å². The third-order valence-electron chi connectivity index (χ3n) is 3.25. The van der Waals surface area contributed by atoms with Crippen LogP contribution in [0, 0.1) is 0 Å². The van der Waals surface area contributed by atoms with E-state index in [9.17, 15) is 4.79 Å². The number of ether oxygens (including phenoxy) is 1. The highest BCUT2D eigenvalue weighted by Gasteiger charge is 2.27. The zero-order valence-electron chi connectivity index (χ0n) is 10.8. The number of aromatic nitrogens is 2. The Balaban J connectivity index is 1.76. The fourth-order valence-electron chi connectivity index (χ4n) is 2.17. The number of hydrogen-bond acceptors (Lipinski definition) is 5. The number of rotatable bonds is 2. The first-order chi connectivity index (χ1) is 10.1. The smallest absolute Gasteiger partial charge is 0.275 e. The number of nitrogens with zero attached hydrogens (tertiary/aromatic N) is 3. The number of benzene rings is 1. The molecule has 0 saturated carbocycles. The first-order valence-electron chi connectivity index (χ1n) is 6.28. The molecule has 0 bridgehead atoms. The van der Waals surface area contributed by atoms with Crippen LogP contribution in [0.25, 0.3) is 0 Å². The van der Waals surface area contributed by atoms with Gasteiger partial charge in [-0.15, -0.1) is 5.10 Å². The minimum atomic E-state index is -0.218. The summed E-state index contributed by atoms with van der Waals surface area (Å²) in [6.07, 6.45) is -0.218. The molecule has 110 valence electrons. The summed E-state index contributed by atoms with van der Waals surface area (Å²) in [5, 5.41) is 6.43. The van der Waals surface area contributed by atoms with Gasteiger partial charge in [0.25, 0.3) is 5.91 Å². The summed E-state index contributed by atoms with van der Waals surface area (Å²) in [6, 6.07) is 5.36. The predicted molar refractivity (Wildman–Crippen MR) is 81.0 cm³/mol. The molecule has 21 heavy (non-hydrogen) atoms. The zero-order chi connectivity index (χ0) is 14.8. The second-order valence-electron chi connectivity index (χ2n) is 4.57. The largest absolute Gasteiger partial charge is 0.370 e. The Morgan fingerprint density at radius 2 is 2.24 bits per heavy atom. The van der Waals surface area contributed by atoms with E-state index in [1.54, 1.807) is 22.4 Å². The van der Waals surface area contributed by atoms with Crippen LogP contribution in [0.15, 0.2) is 23.6 Å². The van der Waals surface area contributed by atoms with E-state index in [-0.39, 0.29) is 12.0 Å². The average Bonchev–Trinajstić information content (AvgIpc) is 3.04. The molecule has 0 spiro atoms. The summed E-state index contributed by atoms with van der Waals surface area (Å²) < 4.78 is 9.44. The molecule has 1 aliphatic rings. The first-order valence-corrected chi connectivity index (χ1v) is 7.87. The average molecular weight is 344 g/mol. The van der Waals surface area contributed by atoms with Gasteiger partial charge in [0.15, 0.2) is 5.69 Å². The maximum Gasteiger partial charge on any atom is 0.275 e. The van der Waals surface area contributed by atoms with Gasteiger partial charge in [-0.3, -0.25) is 4.79 Å². The zero-order valence-corrected chi connectivity index (χ0v) is 13.2. The van der Waals surface area contributed by atoms with Gasteiger partial charge in [0.1, 0.15) is 6.10 Å². The normalized spacial score (nSPS) is 18.8. The Bertz CT molecular complexity index is 651. The van der Waals surface area contributed by atoms with Gasteiger partial charge < -0.3 is 9.64 Å². The molecule has 8 heteroatoms. The van der Waals surface area contributed by atoms with E-state index >= 15 is 0 Å². The maximum absolute atomic E-state index is 12.3. The van der Waals surface area contributed by atoms with Crippen molar-refractivity contribution in [2.24, 2.45) is 0 Å². The van der Waals surface area contributed by atoms with E-state index in [4.69, 9.17) is 27.9 Å². The van der Waals surface area contributed by atoms with E-state index < -0.39 is 0 Å². The molecule has 1 aromatic carbocycles. The molecule has 0 aliphatic carbocycles. The third kappa shape index (κ3) is 3.18. The van der Waals surface area contributed by atoms with E-state index in [1.165, 1.54) is 0 Å². The minimum Gasteiger partial charge on any atom is -0.370 e. The van der Waals surface area contributed by atoms with E-state index in [0.29, 0.717) is 35.4 Å². The number of halogens is 2. The number of amides is 1. The van der Waals surface area contributed by atoms with Crippen molar-refractivity contribution >= 4 is 40.6 Å². The van der Waals surface area contributed by atoms with Crippen molar-refractivity contribution in [2.75, 3.05) is 19.7 Å². The highest BCUT2D eigenvalue weighted by atomic mass is 35.5. The molecular weight excluding hydrogens is 333 g/mol. The van der Waals surface area contributed by atoms with Crippen molar-refractivity contribution in [3.63, 3.8) is 0 Å². The standard InChI is InChI=1S/C13H11Cl2N3O2S/c14-9-2-1-8(5-10(9)15)12-6-18(3-4-20-12)13(19)11-7-21-17-16-11/h1-2,5,7,12H,3-4,6H2. The molecule has 1 saturated heterocycles. The Hall–Kier alpha value is -1.21. The molecule has 3 rings (SSSR count). The summed E-state index contributed by atoms with van der Waals surface area (Å²) in [5.74, 6) is -0.128.